The molecule has 118 valence electrons. The summed E-state index contributed by atoms with van der Waals surface area (Å²) in [5, 5.41) is 0. The van der Waals surface area contributed by atoms with Crippen molar-refractivity contribution < 1.29 is 8.42 Å². The van der Waals surface area contributed by atoms with Gasteiger partial charge in [-0.3, -0.25) is 4.90 Å². The summed E-state index contributed by atoms with van der Waals surface area (Å²) in [5.41, 5.74) is 5.53. The van der Waals surface area contributed by atoms with Crippen molar-refractivity contribution in [2.24, 2.45) is 5.73 Å². The maximum Gasteiger partial charge on any atom is 0.241 e. The van der Waals surface area contributed by atoms with Crippen molar-refractivity contribution in [1.29, 1.82) is 0 Å². The van der Waals surface area contributed by atoms with Crippen LogP contribution in [0.4, 0.5) is 0 Å². The normalized spacial score (nSPS) is 18.0. The van der Waals surface area contributed by atoms with Crippen LogP contribution in [0.5, 0.6) is 0 Å². The first-order chi connectivity index (χ1) is 9.78. The van der Waals surface area contributed by atoms with Gasteiger partial charge in [0.15, 0.2) is 0 Å². The monoisotopic (exact) mass is 411 g/mol. The van der Waals surface area contributed by atoms with Crippen molar-refractivity contribution in [3.8, 4) is 0 Å². The molecule has 0 radical (unpaired) electrons. The van der Waals surface area contributed by atoms with Gasteiger partial charge in [-0.1, -0.05) is 12.2 Å². The number of hydrogen-bond acceptors (Lipinski definition) is 5. The molecule has 1 saturated heterocycles. The Balaban J connectivity index is 1.97. The summed E-state index contributed by atoms with van der Waals surface area (Å²) in [4.78, 5) is 3.79. The van der Waals surface area contributed by atoms with Gasteiger partial charge in [0.25, 0.3) is 0 Å². The smallest absolute Gasteiger partial charge is 0.241 e. The molecule has 5 nitrogen and oxygen atoms in total. The highest BCUT2D eigenvalue weighted by molar-refractivity contribution is 9.11. The summed E-state index contributed by atoms with van der Waals surface area (Å²) >= 11 is 9.65. The number of likely N-dealkylation sites (tertiary alicyclic amines) is 1. The van der Waals surface area contributed by atoms with Crippen molar-refractivity contribution in [2.45, 2.75) is 30.7 Å². The first kappa shape index (κ1) is 17.3. The molecule has 0 aliphatic carbocycles. The van der Waals surface area contributed by atoms with Crippen LogP contribution < -0.4 is 10.5 Å². The zero-order valence-corrected chi connectivity index (χ0v) is 15.7. The fraction of sp³-hybridized carbons (Fsp3) is 0.583. The molecule has 0 spiro atoms. The van der Waals surface area contributed by atoms with Crippen LogP contribution in [0, 0.1) is 6.92 Å². The summed E-state index contributed by atoms with van der Waals surface area (Å²) in [7, 11) is -3.45. The third kappa shape index (κ3) is 4.70. The third-order valence-corrected chi connectivity index (χ3v) is 6.88. The lowest BCUT2D eigenvalue weighted by molar-refractivity contribution is 0.233. The predicted molar refractivity (Wildman–Crippen MR) is 93.3 cm³/mol. The molecular weight excluding hydrogens is 394 g/mol. The molecule has 1 aromatic heterocycles. The number of hydrogen-bond donors (Lipinski definition) is 2. The Hall–Kier alpha value is -0.0600. The van der Waals surface area contributed by atoms with Gasteiger partial charge in [0, 0.05) is 30.6 Å². The van der Waals surface area contributed by atoms with E-state index in [2.05, 4.69) is 25.6 Å². The molecular formula is C12H18BrN3O2S3. The average Bonchev–Trinajstić information content (AvgIpc) is 2.71. The van der Waals surface area contributed by atoms with Gasteiger partial charge in [0.2, 0.25) is 10.0 Å². The van der Waals surface area contributed by atoms with Crippen LogP contribution in [0.3, 0.4) is 0 Å². The molecule has 0 saturated carbocycles. The van der Waals surface area contributed by atoms with E-state index in [4.69, 9.17) is 18.0 Å². The molecule has 2 rings (SSSR count). The molecule has 9 heteroatoms. The van der Waals surface area contributed by atoms with Crippen molar-refractivity contribution in [2.75, 3.05) is 19.6 Å². The Bertz CT molecular complexity index is 622. The van der Waals surface area contributed by atoms with E-state index in [1.54, 1.807) is 6.07 Å². The zero-order chi connectivity index (χ0) is 15.6. The zero-order valence-electron chi connectivity index (χ0n) is 11.6. The Morgan fingerprint density at radius 3 is 2.67 bits per heavy atom. The lowest BCUT2D eigenvalue weighted by Gasteiger charge is -2.31. The minimum absolute atomic E-state index is 0.0318. The van der Waals surface area contributed by atoms with Gasteiger partial charge in [-0.25, -0.2) is 13.1 Å². The van der Waals surface area contributed by atoms with Gasteiger partial charge in [0.05, 0.1) is 13.7 Å². The quantitative estimate of drug-likeness (QED) is 0.722. The fourth-order valence-electron chi connectivity index (χ4n) is 2.41. The number of piperidine rings is 1. The first-order valence-electron chi connectivity index (χ1n) is 6.57. The lowest BCUT2D eigenvalue weighted by Crippen LogP contribution is -2.46. The van der Waals surface area contributed by atoms with Gasteiger partial charge >= 0.3 is 0 Å². The highest BCUT2D eigenvalue weighted by Gasteiger charge is 2.26. The van der Waals surface area contributed by atoms with Crippen LogP contribution in [-0.2, 0) is 10.0 Å². The van der Waals surface area contributed by atoms with Gasteiger partial charge < -0.3 is 5.73 Å². The predicted octanol–water partition coefficient (Wildman–Crippen LogP) is 1.85. The largest absolute Gasteiger partial charge is 0.392 e. The number of thiocarbonyl (C=S) groups is 1. The summed E-state index contributed by atoms with van der Waals surface area (Å²) in [6.45, 7) is 4.02. The Morgan fingerprint density at radius 1 is 1.57 bits per heavy atom. The number of nitrogens with zero attached hydrogens (tertiary/aromatic N) is 1. The van der Waals surface area contributed by atoms with Crippen molar-refractivity contribution >= 4 is 54.5 Å². The molecule has 3 N–H and O–H groups in total. The van der Waals surface area contributed by atoms with E-state index in [0.717, 1.165) is 34.6 Å². The summed E-state index contributed by atoms with van der Waals surface area (Å²) < 4.78 is 28.5. The number of sulfonamides is 1. The van der Waals surface area contributed by atoms with E-state index in [-0.39, 0.29) is 6.04 Å². The minimum atomic E-state index is -3.45. The van der Waals surface area contributed by atoms with Crippen molar-refractivity contribution in [3.05, 3.63) is 14.7 Å². The molecule has 21 heavy (non-hydrogen) atoms. The Kier molecular flexibility index (Phi) is 5.77. The van der Waals surface area contributed by atoms with Crippen LogP contribution in [0.25, 0.3) is 0 Å². The van der Waals surface area contributed by atoms with E-state index in [9.17, 15) is 8.42 Å². The summed E-state index contributed by atoms with van der Waals surface area (Å²) in [5.74, 6) is 0. The van der Waals surface area contributed by atoms with Crippen molar-refractivity contribution in [1.82, 2.24) is 9.62 Å². The second kappa shape index (κ2) is 7.01. The number of aryl methyl sites for hydroxylation is 1. The van der Waals surface area contributed by atoms with Crippen molar-refractivity contribution in [3.63, 3.8) is 0 Å². The number of halogens is 1. The van der Waals surface area contributed by atoms with E-state index in [1.807, 2.05) is 6.92 Å². The van der Waals surface area contributed by atoms with Crippen LogP contribution in [0.1, 0.15) is 17.7 Å². The van der Waals surface area contributed by atoms with E-state index in [0.29, 0.717) is 16.4 Å². The maximum atomic E-state index is 12.4. The van der Waals surface area contributed by atoms with Crippen LogP contribution in [0.2, 0.25) is 0 Å². The second-order valence-electron chi connectivity index (χ2n) is 5.11. The lowest BCUT2D eigenvalue weighted by atomic mass is 10.1. The molecule has 1 fully saturated rings. The van der Waals surface area contributed by atoms with Gasteiger partial charge in [-0.2, -0.15) is 0 Å². The van der Waals surface area contributed by atoms with E-state index in [1.165, 1.54) is 11.3 Å². The first-order valence-corrected chi connectivity index (χ1v) is 10.1. The molecule has 0 atom stereocenters. The van der Waals surface area contributed by atoms with Gasteiger partial charge in [0.1, 0.15) is 0 Å². The average molecular weight is 412 g/mol. The van der Waals surface area contributed by atoms with Gasteiger partial charge in [-0.15, -0.1) is 11.3 Å². The molecule has 2 heterocycles. The number of thiophene rings is 1. The Labute approximate surface area is 143 Å². The molecule has 0 bridgehead atoms. The summed E-state index contributed by atoms with van der Waals surface area (Å²) in [6, 6.07) is 1.63. The van der Waals surface area contributed by atoms with E-state index >= 15 is 0 Å². The van der Waals surface area contributed by atoms with Crippen LogP contribution in [0.15, 0.2) is 14.7 Å². The molecule has 0 unspecified atom stereocenters. The number of nitrogens with one attached hydrogen (secondary N) is 1. The standard InChI is InChI=1S/C12H18BrN3O2S3/c1-8-10(6-11(13)20-8)21(17,18)15-9-2-4-16(5-3-9)7-12(14)19/h6,9,15H,2-5,7H2,1H3,(H2,14,19). The fourth-order valence-corrected chi connectivity index (χ4v) is 6.31. The molecule has 0 aromatic carbocycles. The van der Waals surface area contributed by atoms with E-state index < -0.39 is 10.0 Å². The maximum absolute atomic E-state index is 12.4. The highest BCUT2D eigenvalue weighted by atomic mass is 79.9. The SMILES string of the molecule is Cc1sc(Br)cc1S(=O)(=O)NC1CCN(CC(N)=S)CC1. The topological polar surface area (TPSA) is 75.4 Å². The minimum Gasteiger partial charge on any atom is -0.392 e. The summed E-state index contributed by atoms with van der Waals surface area (Å²) in [6.07, 6.45) is 1.54. The number of nitrogens with two attached hydrogens (primary N) is 1. The molecule has 1 aliphatic rings. The molecule has 1 aliphatic heterocycles. The number of rotatable bonds is 5. The van der Waals surface area contributed by atoms with Crippen LogP contribution in [-0.4, -0.2) is 44.0 Å². The Morgan fingerprint density at radius 2 is 2.19 bits per heavy atom. The highest BCUT2D eigenvalue weighted by Crippen LogP contribution is 2.30. The third-order valence-electron chi connectivity index (χ3n) is 3.42. The molecule has 1 aromatic rings. The van der Waals surface area contributed by atoms with Crippen LogP contribution >= 0.6 is 39.5 Å². The molecule has 0 amide bonds. The van der Waals surface area contributed by atoms with Gasteiger partial charge in [-0.05, 0) is 41.8 Å². The second-order valence-corrected chi connectivity index (χ2v) is 9.95.